The van der Waals surface area contributed by atoms with Crippen molar-refractivity contribution in [3.63, 3.8) is 0 Å². The molecule has 0 heterocycles. The smallest absolute Gasteiger partial charge is 0.00945 e. The highest BCUT2D eigenvalue weighted by Crippen LogP contribution is 2.33. The largest absolute Gasteiger partial charge is 0.0654 e. The highest BCUT2D eigenvalue weighted by Gasteiger charge is 2.17. The van der Waals surface area contributed by atoms with E-state index in [2.05, 4.69) is 69.3 Å². The van der Waals surface area contributed by atoms with Crippen LogP contribution < -0.4 is 0 Å². The minimum atomic E-state index is 0.544. The highest BCUT2D eigenvalue weighted by molar-refractivity contribution is 5.40. The Hall–Kier alpha value is -1.56. The summed E-state index contributed by atoms with van der Waals surface area (Å²) in [6.45, 7) is 6.80. The normalized spacial score (nSPS) is 11.2. The molecule has 0 atom stereocenters. The summed E-state index contributed by atoms with van der Waals surface area (Å²) in [6.07, 6.45) is 10.9. The Morgan fingerprint density at radius 2 is 1.08 bits per heavy atom. The van der Waals surface area contributed by atoms with Crippen molar-refractivity contribution in [3.05, 3.63) is 70.8 Å². The third kappa shape index (κ3) is 5.51. The molecule has 0 aliphatic heterocycles. The zero-order chi connectivity index (χ0) is 17.2. The molecule has 0 spiro atoms. The van der Waals surface area contributed by atoms with Gasteiger partial charge < -0.3 is 0 Å². The van der Waals surface area contributed by atoms with Gasteiger partial charge in [-0.05, 0) is 42.5 Å². The van der Waals surface area contributed by atoms with E-state index in [1.807, 2.05) is 0 Å². The van der Waals surface area contributed by atoms with Crippen molar-refractivity contribution in [2.24, 2.45) is 0 Å². The molecule has 0 aliphatic carbocycles. The molecular formula is C24H34. The summed E-state index contributed by atoms with van der Waals surface area (Å²) >= 11 is 0. The van der Waals surface area contributed by atoms with Crippen molar-refractivity contribution in [2.45, 2.75) is 78.1 Å². The van der Waals surface area contributed by atoms with Gasteiger partial charge in [-0.25, -0.2) is 0 Å². The van der Waals surface area contributed by atoms with E-state index >= 15 is 0 Å². The minimum absolute atomic E-state index is 0.544. The molecule has 24 heavy (non-hydrogen) atoms. The Kier molecular flexibility index (Phi) is 8.08. The summed E-state index contributed by atoms with van der Waals surface area (Å²) in [5.41, 5.74) is 5.87. The van der Waals surface area contributed by atoms with E-state index in [0.29, 0.717) is 5.92 Å². The lowest BCUT2D eigenvalue weighted by Gasteiger charge is -2.22. The van der Waals surface area contributed by atoms with Gasteiger partial charge in [0.15, 0.2) is 0 Å². The van der Waals surface area contributed by atoms with Gasteiger partial charge in [-0.3, -0.25) is 0 Å². The fourth-order valence-electron chi connectivity index (χ4n) is 3.74. The van der Waals surface area contributed by atoms with E-state index in [1.165, 1.54) is 73.6 Å². The molecule has 0 unspecified atom stereocenters. The van der Waals surface area contributed by atoms with Crippen LogP contribution in [0, 0.1) is 13.8 Å². The van der Waals surface area contributed by atoms with Crippen LogP contribution in [0.2, 0.25) is 0 Å². The molecule has 0 radical (unpaired) electrons. The first-order valence-corrected chi connectivity index (χ1v) is 9.85. The van der Waals surface area contributed by atoms with E-state index in [9.17, 15) is 0 Å². The fourth-order valence-corrected chi connectivity index (χ4v) is 3.74. The Morgan fingerprint density at radius 3 is 1.58 bits per heavy atom. The Balaban J connectivity index is 2.02. The van der Waals surface area contributed by atoms with Crippen molar-refractivity contribution in [1.82, 2.24) is 0 Å². The van der Waals surface area contributed by atoms with E-state index in [-0.39, 0.29) is 0 Å². The Bertz CT molecular complexity index is 551. The standard InChI is InChI=1S/C24H34/c1-4-5-6-7-8-9-10-19-24(22-17-13-11-15-20(22)2)23-18-14-12-16-21(23)3/h11-18,24H,4-10,19H2,1-3H3. The summed E-state index contributed by atoms with van der Waals surface area (Å²) in [6, 6.07) is 17.9. The zero-order valence-corrected chi connectivity index (χ0v) is 15.9. The molecule has 2 aromatic carbocycles. The molecule has 0 nitrogen and oxygen atoms in total. The average molecular weight is 323 g/mol. The number of aryl methyl sites for hydroxylation is 2. The van der Waals surface area contributed by atoms with Crippen LogP contribution in [0.4, 0.5) is 0 Å². The lowest BCUT2D eigenvalue weighted by molar-refractivity contribution is 0.557. The maximum Gasteiger partial charge on any atom is 0.00945 e. The monoisotopic (exact) mass is 322 g/mol. The third-order valence-electron chi connectivity index (χ3n) is 5.22. The average Bonchev–Trinajstić information content (AvgIpc) is 2.59. The van der Waals surface area contributed by atoms with Crippen LogP contribution in [0.3, 0.4) is 0 Å². The summed E-state index contributed by atoms with van der Waals surface area (Å²) in [5.74, 6) is 0.544. The van der Waals surface area contributed by atoms with Crippen molar-refractivity contribution in [1.29, 1.82) is 0 Å². The third-order valence-corrected chi connectivity index (χ3v) is 5.22. The van der Waals surface area contributed by atoms with Crippen molar-refractivity contribution in [3.8, 4) is 0 Å². The molecule has 0 saturated heterocycles. The number of unbranched alkanes of at least 4 members (excludes halogenated alkanes) is 6. The van der Waals surface area contributed by atoms with Gasteiger partial charge in [0, 0.05) is 5.92 Å². The van der Waals surface area contributed by atoms with Gasteiger partial charge in [0.1, 0.15) is 0 Å². The second-order valence-electron chi connectivity index (χ2n) is 7.18. The molecule has 0 aliphatic rings. The lowest BCUT2D eigenvalue weighted by Crippen LogP contribution is -2.05. The molecule has 0 amide bonds. The van der Waals surface area contributed by atoms with Crippen LogP contribution in [0.25, 0.3) is 0 Å². The number of benzene rings is 2. The van der Waals surface area contributed by atoms with Crippen LogP contribution in [-0.2, 0) is 0 Å². The molecule has 0 heteroatoms. The quantitative estimate of drug-likeness (QED) is 0.395. The van der Waals surface area contributed by atoms with E-state index in [4.69, 9.17) is 0 Å². The molecule has 2 rings (SSSR count). The summed E-state index contributed by atoms with van der Waals surface area (Å²) in [5, 5.41) is 0. The van der Waals surface area contributed by atoms with Crippen LogP contribution in [0.1, 0.15) is 86.5 Å². The molecule has 0 bridgehead atoms. The zero-order valence-electron chi connectivity index (χ0n) is 15.9. The topological polar surface area (TPSA) is 0 Å². The van der Waals surface area contributed by atoms with Crippen LogP contribution in [0.15, 0.2) is 48.5 Å². The van der Waals surface area contributed by atoms with Gasteiger partial charge in [-0.15, -0.1) is 0 Å². The Morgan fingerprint density at radius 1 is 0.625 bits per heavy atom. The van der Waals surface area contributed by atoms with Gasteiger partial charge in [0.05, 0.1) is 0 Å². The van der Waals surface area contributed by atoms with Gasteiger partial charge in [-0.2, -0.15) is 0 Å². The Labute approximate surface area is 149 Å². The lowest BCUT2D eigenvalue weighted by atomic mass is 9.82. The molecule has 2 aromatic rings. The van der Waals surface area contributed by atoms with Crippen LogP contribution in [0.5, 0.6) is 0 Å². The van der Waals surface area contributed by atoms with Gasteiger partial charge >= 0.3 is 0 Å². The maximum atomic E-state index is 2.33. The number of rotatable bonds is 10. The van der Waals surface area contributed by atoms with E-state index in [1.54, 1.807) is 0 Å². The first-order valence-electron chi connectivity index (χ1n) is 9.85. The van der Waals surface area contributed by atoms with E-state index < -0.39 is 0 Å². The van der Waals surface area contributed by atoms with Crippen LogP contribution in [-0.4, -0.2) is 0 Å². The van der Waals surface area contributed by atoms with Gasteiger partial charge in [0.25, 0.3) is 0 Å². The van der Waals surface area contributed by atoms with Gasteiger partial charge in [-0.1, -0.05) is 100 Å². The minimum Gasteiger partial charge on any atom is -0.0654 e. The molecule has 0 saturated carbocycles. The van der Waals surface area contributed by atoms with Crippen LogP contribution >= 0.6 is 0 Å². The fraction of sp³-hybridized carbons (Fsp3) is 0.500. The van der Waals surface area contributed by atoms with Crippen molar-refractivity contribution < 1.29 is 0 Å². The van der Waals surface area contributed by atoms with Crippen molar-refractivity contribution in [2.75, 3.05) is 0 Å². The SMILES string of the molecule is CCCCCCCCCC(c1ccccc1C)c1ccccc1C. The summed E-state index contributed by atoms with van der Waals surface area (Å²) in [4.78, 5) is 0. The molecule has 0 N–H and O–H groups in total. The molecule has 0 fully saturated rings. The van der Waals surface area contributed by atoms with Gasteiger partial charge in [0.2, 0.25) is 0 Å². The second kappa shape index (κ2) is 10.3. The highest BCUT2D eigenvalue weighted by atomic mass is 14.2. The molecule has 130 valence electrons. The molecular weight excluding hydrogens is 288 g/mol. The maximum absolute atomic E-state index is 2.33. The number of hydrogen-bond donors (Lipinski definition) is 0. The second-order valence-corrected chi connectivity index (χ2v) is 7.18. The summed E-state index contributed by atoms with van der Waals surface area (Å²) in [7, 11) is 0. The molecule has 0 aromatic heterocycles. The predicted molar refractivity (Wildman–Crippen MR) is 107 cm³/mol. The summed E-state index contributed by atoms with van der Waals surface area (Å²) < 4.78 is 0. The first-order chi connectivity index (χ1) is 11.7. The predicted octanol–water partition coefficient (Wildman–Crippen LogP) is 7.58. The van der Waals surface area contributed by atoms with E-state index in [0.717, 1.165) is 0 Å². The first kappa shape index (κ1) is 18.8. The number of hydrogen-bond acceptors (Lipinski definition) is 0. The van der Waals surface area contributed by atoms with Crippen molar-refractivity contribution >= 4 is 0 Å².